The lowest BCUT2D eigenvalue weighted by Crippen LogP contribution is -2.64. The molecular weight excluding hydrogens is 218 g/mol. The number of amides is 1. The van der Waals surface area contributed by atoms with Crippen molar-refractivity contribution in [3.05, 3.63) is 12.2 Å². The van der Waals surface area contributed by atoms with Crippen LogP contribution in [0.3, 0.4) is 0 Å². The second kappa shape index (κ2) is 3.48. The maximum Gasteiger partial charge on any atom is 0.410 e. The van der Waals surface area contributed by atoms with Gasteiger partial charge in [-0.1, -0.05) is 19.1 Å². The van der Waals surface area contributed by atoms with E-state index >= 15 is 0 Å². The molecule has 0 aromatic heterocycles. The number of hydrogen-bond donors (Lipinski definition) is 1. The molecule has 17 heavy (non-hydrogen) atoms. The predicted molar refractivity (Wildman–Crippen MR) is 64.7 cm³/mol. The Bertz CT molecular complexity index is 357. The molecule has 2 aliphatic rings. The van der Waals surface area contributed by atoms with Crippen molar-refractivity contribution in [2.45, 2.75) is 56.7 Å². The van der Waals surface area contributed by atoms with Gasteiger partial charge in [-0.15, -0.1) is 0 Å². The quantitative estimate of drug-likeness (QED) is 0.713. The van der Waals surface area contributed by atoms with E-state index in [0.29, 0.717) is 19.3 Å². The van der Waals surface area contributed by atoms with Crippen LogP contribution in [0.25, 0.3) is 0 Å². The molecule has 1 amide bonds. The van der Waals surface area contributed by atoms with Gasteiger partial charge in [0.1, 0.15) is 0 Å². The van der Waals surface area contributed by atoms with Crippen molar-refractivity contribution in [1.29, 1.82) is 0 Å². The van der Waals surface area contributed by atoms with Gasteiger partial charge in [0.25, 0.3) is 0 Å². The molecule has 0 saturated carbocycles. The highest BCUT2D eigenvalue weighted by molar-refractivity contribution is 5.72. The summed E-state index contributed by atoms with van der Waals surface area (Å²) >= 11 is 0. The molecule has 2 aliphatic heterocycles. The van der Waals surface area contributed by atoms with Crippen molar-refractivity contribution in [3.8, 4) is 0 Å². The topological polar surface area (TPSA) is 49.8 Å². The van der Waals surface area contributed by atoms with Crippen LogP contribution in [0, 0.1) is 0 Å². The largest absolute Gasteiger partial charge is 0.453 e. The third-order valence-electron chi connectivity index (χ3n) is 4.21. The first kappa shape index (κ1) is 12.4. The smallest absolute Gasteiger partial charge is 0.410 e. The molecule has 1 fully saturated rings. The number of nitrogens with zero attached hydrogens (tertiary/aromatic N) is 1. The Morgan fingerprint density at radius 1 is 1.35 bits per heavy atom. The van der Waals surface area contributed by atoms with Crippen LogP contribution in [0.5, 0.6) is 0 Å². The number of carbonyl (C=O) groups is 1. The van der Waals surface area contributed by atoms with Crippen molar-refractivity contribution in [2.24, 2.45) is 0 Å². The first-order valence-electron chi connectivity index (χ1n) is 6.10. The fourth-order valence-corrected chi connectivity index (χ4v) is 3.52. The second-order valence-electron chi connectivity index (χ2n) is 5.78. The molecule has 1 saturated heterocycles. The summed E-state index contributed by atoms with van der Waals surface area (Å²) in [4.78, 5) is 13.7. The number of aliphatic hydroxyl groups is 1. The Hall–Kier alpha value is -1.03. The standard InChI is InChI=1S/C13H21NO3/c1-5-13(16)8-11(2)6-7-12(3,9-13)14(11)10(15)17-4/h6-7,16H,5,8-9H2,1-4H3/t11-,12+,13+. The molecular formula is C13H21NO3. The van der Waals surface area contributed by atoms with E-state index in [1.165, 1.54) is 7.11 Å². The molecule has 0 aromatic carbocycles. The summed E-state index contributed by atoms with van der Waals surface area (Å²) < 4.78 is 4.87. The molecule has 0 aromatic rings. The van der Waals surface area contributed by atoms with Gasteiger partial charge in [-0.25, -0.2) is 4.79 Å². The molecule has 0 unspecified atom stereocenters. The lowest BCUT2D eigenvalue weighted by molar-refractivity contribution is -0.0948. The highest BCUT2D eigenvalue weighted by Crippen LogP contribution is 2.50. The van der Waals surface area contributed by atoms with Crippen LogP contribution < -0.4 is 0 Å². The zero-order valence-electron chi connectivity index (χ0n) is 11.0. The minimum atomic E-state index is -0.697. The van der Waals surface area contributed by atoms with E-state index in [-0.39, 0.29) is 6.09 Å². The summed E-state index contributed by atoms with van der Waals surface area (Å²) in [7, 11) is 1.40. The van der Waals surface area contributed by atoms with Gasteiger partial charge >= 0.3 is 6.09 Å². The van der Waals surface area contributed by atoms with Gasteiger partial charge in [-0.2, -0.15) is 0 Å². The average Bonchev–Trinajstić information content (AvgIpc) is 2.42. The summed E-state index contributed by atoms with van der Waals surface area (Å²) in [6.07, 6.45) is 5.57. The van der Waals surface area contributed by atoms with E-state index < -0.39 is 16.7 Å². The van der Waals surface area contributed by atoms with Crippen molar-refractivity contribution >= 4 is 6.09 Å². The lowest BCUT2D eigenvalue weighted by Gasteiger charge is -2.53. The number of rotatable bonds is 1. The maximum atomic E-state index is 11.9. The number of ether oxygens (including phenoxy) is 1. The monoisotopic (exact) mass is 239 g/mol. The number of carbonyl (C=O) groups excluding carboxylic acids is 1. The molecule has 2 bridgehead atoms. The van der Waals surface area contributed by atoms with E-state index in [2.05, 4.69) is 0 Å². The first-order chi connectivity index (χ1) is 7.79. The third kappa shape index (κ3) is 1.66. The predicted octanol–water partition coefficient (Wildman–Crippen LogP) is 2.08. The Kier molecular flexibility index (Phi) is 2.54. The Balaban J connectivity index is 2.40. The average molecular weight is 239 g/mol. The molecule has 96 valence electrons. The Labute approximate surface area is 102 Å². The summed E-state index contributed by atoms with van der Waals surface area (Å²) in [6.45, 7) is 5.94. The van der Waals surface area contributed by atoms with Crippen LogP contribution in [-0.4, -0.2) is 39.9 Å². The molecule has 0 aliphatic carbocycles. The Morgan fingerprint density at radius 2 is 1.82 bits per heavy atom. The van der Waals surface area contributed by atoms with Crippen molar-refractivity contribution < 1.29 is 14.6 Å². The summed E-state index contributed by atoms with van der Waals surface area (Å²) in [5.74, 6) is 0. The number of hydrogen-bond acceptors (Lipinski definition) is 3. The molecule has 0 spiro atoms. The van der Waals surface area contributed by atoms with Crippen molar-refractivity contribution in [2.75, 3.05) is 7.11 Å². The lowest BCUT2D eigenvalue weighted by atomic mass is 9.73. The molecule has 3 atom stereocenters. The number of fused-ring (bicyclic) bond motifs is 2. The minimum absolute atomic E-state index is 0.321. The van der Waals surface area contributed by atoms with Crippen LogP contribution in [0.2, 0.25) is 0 Å². The van der Waals surface area contributed by atoms with Gasteiger partial charge in [0.05, 0.1) is 23.8 Å². The van der Waals surface area contributed by atoms with Gasteiger partial charge in [-0.05, 0) is 20.3 Å². The molecule has 4 nitrogen and oxygen atoms in total. The fraction of sp³-hybridized carbons (Fsp3) is 0.769. The number of methoxy groups -OCH3 is 1. The van der Waals surface area contributed by atoms with E-state index in [1.54, 1.807) is 4.90 Å². The van der Waals surface area contributed by atoms with Gasteiger partial charge < -0.3 is 9.84 Å². The Morgan fingerprint density at radius 3 is 2.18 bits per heavy atom. The van der Waals surface area contributed by atoms with E-state index in [0.717, 1.165) is 0 Å². The molecule has 0 radical (unpaired) electrons. The van der Waals surface area contributed by atoms with Crippen LogP contribution in [0.15, 0.2) is 12.2 Å². The summed E-state index contributed by atoms with van der Waals surface area (Å²) in [5, 5.41) is 10.5. The minimum Gasteiger partial charge on any atom is -0.453 e. The normalized spacial score (nSPS) is 43.9. The van der Waals surface area contributed by atoms with E-state index in [4.69, 9.17) is 4.74 Å². The molecule has 2 rings (SSSR count). The van der Waals surface area contributed by atoms with Crippen LogP contribution in [-0.2, 0) is 4.74 Å². The van der Waals surface area contributed by atoms with Crippen LogP contribution in [0.1, 0.15) is 40.0 Å². The molecule has 1 N–H and O–H groups in total. The van der Waals surface area contributed by atoms with Gasteiger partial charge in [0.15, 0.2) is 0 Å². The zero-order chi connectivity index (χ0) is 12.9. The zero-order valence-corrected chi connectivity index (χ0v) is 11.0. The van der Waals surface area contributed by atoms with Crippen LogP contribution in [0.4, 0.5) is 4.79 Å². The highest BCUT2D eigenvalue weighted by Gasteiger charge is 2.58. The fourth-order valence-electron chi connectivity index (χ4n) is 3.52. The van der Waals surface area contributed by atoms with Gasteiger partial charge in [0.2, 0.25) is 0 Å². The van der Waals surface area contributed by atoms with Crippen molar-refractivity contribution in [1.82, 2.24) is 4.90 Å². The van der Waals surface area contributed by atoms with E-state index in [1.807, 2.05) is 32.9 Å². The number of piperidine rings is 1. The summed E-state index contributed by atoms with van der Waals surface area (Å²) in [5.41, 5.74) is -1.58. The SMILES string of the molecule is CC[C@@]1(O)C[C@]2(C)C=C[C@](C)(C1)N2C(=O)OC. The second-order valence-corrected chi connectivity index (χ2v) is 5.78. The molecule has 2 heterocycles. The van der Waals surface area contributed by atoms with Crippen LogP contribution >= 0.6 is 0 Å². The van der Waals surface area contributed by atoms with Gasteiger partial charge in [0, 0.05) is 12.8 Å². The highest BCUT2D eigenvalue weighted by atomic mass is 16.5. The third-order valence-corrected chi connectivity index (χ3v) is 4.21. The maximum absolute atomic E-state index is 11.9. The van der Waals surface area contributed by atoms with Crippen molar-refractivity contribution in [3.63, 3.8) is 0 Å². The first-order valence-corrected chi connectivity index (χ1v) is 6.10. The molecule has 4 heteroatoms. The van der Waals surface area contributed by atoms with E-state index in [9.17, 15) is 9.90 Å². The summed E-state index contributed by atoms with van der Waals surface area (Å²) in [6, 6.07) is 0. The van der Waals surface area contributed by atoms with Gasteiger partial charge in [-0.3, -0.25) is 4.90 Å².